The van der Waals surface area contributed by atoms with E-state index in [1.54, 1.807) is 0 Å². The van der Waals surface area contributed by atoms with Crippen molar-refractivity contribution in [3.63, 3.8) is 0 Å². The number of rotatable bonds is 13. The molecule has 4 N–H and O–H groups in total. The number of aromatic nitrogens is 2. The number of hydrogen-bond donors (Lipinski definition) is 3. The Morgan fingerprint density at radius 1 is 1.36 bits per heavy atom. The smallest absolute Gasteiger partial charge is 0.330 e. The average molecular weight is 487 g/mol. The highest BCUT2D eigenvalue weighted by Gasteiger charge is 2.42. The molecule has 13 heteroatoms. The van der Waals surface area contributed by atoms with Gasteiger partial charge in [-0.3, -0.25) is 19.1 Å². The van der Waals surface area contributed by atoms with Crippen LogP contribution in [0.3, 0.4) is 0 Å². The molecular formula is C20H32N4O8P-. The van der Waals surface area contributed by atoms with E-state index in [0.717, 1.165) is 37.4 Å². The summed E-state index contributed by atoms with van der Waals surface area (Å²) in [5.74, 6) is -0.379. The van der Waals surface area contributed by atoms with Gasteiger partial charge in [-0.25, -0.2) is 4.79 Å². The number of hydrogen-bond acceptors (Lipinski definition) is 9. The van der Waals surface area contributed by atoms with Crippen LogP contribution in [0, 0.1) is 0 Å². The van der Waals surface area contributed by atoms with Gasteiger partial charge in [0.15, 0.2) is 0 Å². The molecule has 1 amide bonds. The third-order valence-corrected chi connectivity index (χ3v) is 7.21. The lowest BCUT2D eigenvalue weighted by atomic mass is 10.2. The van der Waals surface area contributed by atoms with Gasteiger partial charge < -0.3 is 34.5 Å². The second kappa shape index (κ2) is 13.0. The lowest BCUT2D eigenvalue weighted by Gasteiger charge is -2.30. The third-order valence-electron chi connectivity index (χ3n) is 5.35. The molecule has 0 radical (unpaired) electrons. The van der Waals surface area contributed by atoms with Gasteiger partial charge in [-0.15, -0.1) is 0 Å². The van der Waals surface area contributed by atoms with Crippen LogP contribution in [0.4, 0.5) is 0 Å². The SMILES string of the molecule is COC[C@H]1O[C@@H](n2cc(/C=C/C(=O)NCCCCCCN)c(=O)[nH]c2=O)C[C@H]1P(=O)([O-])OC. The molecule has 33 heavy (non-hydrogen) atoms. The first-order valence-corrected chi connectivity index (χ1v) is 12.4. The molecule has 2 rings (SSSR count). The molecule has 1 unspecified atom stereocenters. The standard InChI is InChI=1S/C20H33N4O8P/c1-30-13-15-16(33(28,29)31-2)11-18(32-15)24-12-14(19(26)23-20(24)27)7-8-17(25)22-10-6-4-3-5-9-21/h7-8,12,15-16,18H,3-6,9-11,13,21H2,1-2H3,(H,22,25)(H,28,29)(H,23,26,27)/p-1/b8-7+/t15-,16-,18-/m1/s1. The van der Waals surface area contributed by atoms with E-state index in [4.69, 9.17) is 15.2 Å². The number of methoxy groups -OCH3 is 1. The number of carbonyl (C=O) groups is 1. The number of nitrogens with two attached hydrogens (primary N) is 1. The zero-order valence-corrected chi connectivity index (χ0v) is 19.8. The third kappa shape index (κ3) is 7.73. The summed E-state index contributed by atoms with van der Waals surface area (Å²) in [7, 11) is -1.80. The van der Waals surface area contributed by atoms with Crippen LogP contribution in [0.1, 0.15) is 43.9 Å². The number of aromatic amines is 1. The van der Waals surface area contributed by atoms with E-state index in [0.29, 0.717) is 13.1 Å². The molecule has 186 valence electrons. The minimum atomic E-state index is -4.26. The first-order chi connectivity index (χ1) is 15.7. The normalized spacial score (nSPS) is 22.5. The van der Waals surface area contributed by atoms with Gasteiger partial charge >= 0.3 is 5.69 Å². The molecule has 0 aromatic carbocycles. The summed E-state index contributed by atoms with van der Waals surface area (Å²) < 4.78 is 28.8. The van der Waals surface area contributed by atoms with E-state index in [-0.39, 0.29) is 24.5 Å². The van der Waals surface area contributed by atoms with Gasteiger partial charge in [0.25, 0.3) is 5.56 Å². The van der Waals surface area contributed by atoms with Gasteiger partial charge in [-0.2, -0.15) is 0 Å². The summed E-state index contributed by atoms with van der Waals surface area (Å²) >= 11 is 0. The summed E-state index contributed by atoms with van der Waals surface area (Å²) in [4.78, 5) is 51.0. The van der Waals surface area contributed by atoms with Crippen molar-refractivity contribution in [1.82, 2.24) is 14.9 Å². The molecule has 1 fully saturated rings. The van der Waals surface area contributed by atoms with E-state index in [1.165, 1.54) is 25.5 Å². The molecule has 0 spiro atoms. The van der Waals surface area contributed by atoms with Gasteiger partial charge in [0, 0.05) is 39.5 Å². The Labute approximate surface area is 191 Å². The molecule has 0 saturated carbocycles. The number of amides is 1. The van der Waals surface area contributed by atoms with Crippen molar-refractivity contribution in [2.75, 3.05) is 33.9 Å². The minimum absolute atomic E-state index is 0.0198. The molecule has 12 nitrogen and oxygen atoms in total. The molecule has 1 saturated heterocycles. The molecule has 1 aliphatic rings. The molecule has 1 aliphatic heterocycles. The summed E-state index contributed by atoms with van der Waals surface area (Å²) in [6.45, 7) is 1.12. The Balaban J connectivity index is 2.11. The Hall–Kier alpha value is -2.08. The number of nitrogens with one attached hydrogen (secondary N) is 2. The molecule has 4 atom stereocenters. The van der Waals surface area contributed by atoms with Crippen LogP contribution in [-0.4, -0.2) is 61.1 Å². The Bertz CT molecular complexity index is 976. The van der Waals surface area contributed by atoms with Crippen molar-refractivity contribution in [3.8, 4) is 0 Å². The molecule has 1 aromatic rings. The largest absolute Gasteiger partial charge is 0.778 e. The number of unbranched alkanes of at least 4 members (excludes halogenated alkanes) is 3. The van der Waals surface area contributed by atoms with Crippen LogP contribution < -0.4 is 27.2 Å². The minimum Gasteiger partial charge on any atom is -0.778 e. The molecular weight excluding hydrogens is 455 g/mol. The highest BCUT2D eigenvalue weighted by Crippen LogP contribution is 2.51. The van der Waals surface area contributed by atoms with Gasteiger partial charge in [0.1, 0.15) is 13.8 Å². The van der Waals surface area contributed by atoms with Crippen LogP contribution in [0.5, 0.6) is 0 Å². The maximum atomic E-state index is 12.4. The lowest BCUT2D eigenvalue weighted by molar-refractivity contribution is -0.200. The predicted molar refractivity (Wildman–Crippen MR) is 120 cm³/mol. The van der Waals surface area contributed by atoms with E-state index < -0.39 is 36.8 Å². The van der Waals surface area contributed by atoms with Gasteiger partial charge in [-0.1, -0.05) is 12.8 Å². The second-order valence-corrected chi connectivity index (χ2v) is 9.80. The predicted octanol–water partition coefficient (Wildman–Crippen LogP) is -0.313. The van der Waals surface area contributed by atoms with E-state index in [2.05, 4.69) is 14.8 Å². The monoisotopic (exact) mass is 487 g/mol. The zero-order valence-electron chi connectivity index (χ0n) is 18.9. The van der Waals surface area contributed by atoms with Crippen LogP contribution in [0.25, 0.3) is 6.08 Å². The quantitative estimate of drug-likeness (QED) is 0.191. The van der Waals surface area contributed by atoms with Gasteiger partial charge in [0.05, 0.1) is 23.9 Å². The van der Waals surface area contributed by atoms with Crippen LogP contribution in [0.2, 0.25) is 0 Å². The Morgan fingerprint density at radius 3 is 2.76 bits per heavy atom. The van der Waals surface area contributed by atoms with Crippen molar-refractivity contribution in [3.05, 3.63) is 38.7 Å². The molecule has 0 aliphatic carbocycles. The average Bonchev–Trinajstić information content (AvgIpc) is 3.20. The topological polar surface area (TPSA) is 178 Å². The van der Waals surface area contributed by atoms with Crippen LogP contribution in [-0.2, 0) is 23.4 Å². The van der Waals surface area contributed by atoms with E-state index in [1.807, 2.05) is 0 Å². The van der Waals surface area contributed by atoms with Crippen LogP contribution >= 0.6 is 7.60 Å². The molecule has 0 bridgehead atoms. The maximum Gasteiger partial charge on any atom is 0.330 e. The van der Waals surface area contributed by atoms with E-state index >= 15 is 0 Å². The highest BCUT2D eigenvalue weighted by atomic mass is 31.2. The number of carbonyl (C=O) groups excluding carboxylic acids is 1. The molecule has 2 heterocycles. The highest BCUT2D eigenvalue weighted by molar-refractivity contribution is 7.52. The fraction of sp³-hybridized carbons (Fsp3) is 0.650. The number of ether oxygens (including phenoxy) is 2. The maximum absolute atomic E-state index is 12.4. The first kappa shape index (κ1) is 27.2. The molecule has 1 aromatic heterocycles. The number of nitrogens with zero attached hydrogens (tertiary/aromatic N) is 1. The van der Waals surface area contributed by atoms with Crippen molar-refractivity contribution < 1.29 is 28.3 Å². The summed E-state index contributed by atoms with van der Waals surface area (Å²) in [6.07, 6.45) is 5.55. The zero-order chi connectivity index (χ0) is 24.4. The van der Waals surface area contributed by atoms with Crippen molar-refractivity contribution in [1.29, 1.82) is 0 Å². The Kier molecular flexibility index (Phi) is 10.7. The lowest BCUT2D eigenvalue weighted by Crippen LogP contribution is -2.33. The van der Waals surface area contributed by atoms with Crippen molar-refractivity contribution >= 4 is 19.6 Å². The summed E-state index contributed by atoms with van der Waals surface area (Å²) in [6, 6.07) is 0. The number of H-pyrrole nitrogens is 1. The summed E-state index contributed by atoms with van der Waals surface area (Å²) in [5, 5.41) is 2.72. The van der Waals surface area contributed by atoms with Gasteiger partial charge in [-0.05, 0) is 25.5 Å². The fourth-order valence-corrected chi connectivity index (χ4v) is 4.83. The van der Waals surface area contributed by atoms with E-state index in [9.17, 15) is 23.8 Å². The van der Waals surface area contributed by atoms with Crippen LogP contribution in [0.15, 0.2) is 21.9 Å². The van der Waals surface area contributed by atoms with Crippen molar-refractivity contribution in [2.24, 2.45) is 5.73 Å². The van der Waals surface area contributed by atoms with Crippen molar-refractivity contribution in [2.45, 2.75) is 50.1 Å². The fourth-order valence-electron chi connectivity index (χ4n) is 3.56. The summed E-state index contributed by atoms with van der Waals surface area (Å²) in [5.41, 5.74) is 3.00. The van der Waals surface area contributed by atoms with Gasteiger partial charge in [0.2, 0.25) is 5.91 Å². The second-order valence-electron chi connectivity index (χ2n) is 7.69. The first-order valence-electron chi connectivity index (χ1n) is 10.8. The Morgan fingerprint density at radius 2 is 2.09 bits per heavy atom.